The maximum absolute atomic E-state index is 6.45. The number of hydrogen-bond acceptors (Lipinski definition) is 4. The molecule has 0 radical (unpaired) electrons. The molecular formula is C21H19Cl3N2O2. The highest BCUT2D eigenvalue weighted by Gasteiger charge is 2.13. The fourth-order valence-electron chi connectivity index (χ4n) is 2.66. The number of rotatable bonds is 8. The molecule has 0 amide bonds. The zero-order valence-corrected chi connectivity index (χ0v) is 17.5. The number of nitrogens with one attached hydrogen (secondary N) is 1. The van der Waals surface area contributed by atoms with E-state index in [0.717, 1.165) is 23.2 Å². The van der Waals surface area contributed by atoms with Crippen molar-refractivity contribution in [3.63, 3.8) is 0 Å². The Bertz CT molecular complexity index is 936. The van der Waals surface area contributed by atoms with Crippen LogP contribution in [0.3, 0.4) is 0 Å². The summed E-state index contributed by atoms with van der Waals surface area (Å²) >= 11 is 18.6. The Morgan fingerprint density at radius 1 is 0.893 bits per heavy atom. The molecule has 146 valence electrons. The van der Waals surface area contributed by atoms with Gasteiger partial charge in [-0.3, -0.25) is 4.98 Å². The third-order valence-corrected chi connectivity index (χ3v) is 4.95. The molecule has 0 fully saturated rings. The molecule has 0 unspecified atom stereocenters. The summed E-state index contributed by atoms with van der Waals surface area (Å²) in [5, 5.41) is 4.97. The van der Waals surface area contributed by atoms with E-state index in [1.54, 1.807) is 31.6 Å². The van der Waals surface area contributed by atoms with Crippen LogP contribution >= 0.6 is 34.8 Å². The van der Waals surface area contributed by atoms with Gasteiger partial charge in [-0.15, -0.1) is 0 Å². The molecule has 1 heterocycles. The van der Waals surface area contributed by atoms with Crippen LogP contribution in [0.2, 0.25) is 15.1 Å². The van der Waals surface area contributed by atoms with Crippen LogP contribution in [0.5, 0.6) is 11.5 Å². The molecule has 4 nitrogen and oxygen atoms in total. The number of pyridine rings is 1. The molecule has 2 aromatic carbocycles. The van der Waals surface area contributed by atoms with Crippen molar-refractivity contribution in [2.75, 3.05) is 7.11 Å². The topological polar surface area (TPSA) is 43.4 Å². The monoisotopic (exact) mass is 436 g/mol. The lowest BCUT2D eigenvalue weighted by Gasteiger charge is -2.15. The zero-order chi connectivity index (χ0) is 19.9. The zero-order valence-electron chi connectivity index (χ0n) is 15.2. The minimum Gasteiger partial charge on any atom is -0.493 e. The lowest BCUT2D eigenvalue weighted by Crippen LogP contribution is -2.13. The van der Waals surface area contributed by atoms with Gasteiger partial charge in [0.15, 0.2) is 11.5 Å². The van der Waals surface area contributed by atoms with Crippen LogP contribution in [0.15, 0.2) is 54.9 Å². The molecule has 28 heavy (non-hydrogen) atoms. The third kappa shape index (κ3) is 5.52. The molecule has 0 aliphatic rings. The first-order valence-electron chi connectivity index (χ1n) is 8.59. The lowest BCUT2D eigenvalue weighted by atomic mass is 10.2. The minimum absolute atomic E-state index is 0.256. The first kappa shape index (κ1) is 20.7. The van der Waals surface area contributed by atoms with E-state index in [9.17, 15) is 0 Å². The normalized spacial score (nSPS) is 10.7. The SMILES string of the molecule is COc1cc(CNCc2ccncc2)cc(Cl)c1OCc1ccc(Cl)cc1Cl. The second kappa shape index (κ2) is 9.99. The van der Waals surface area contributed by atoms with Crippen molar-refractivity contribution in [3.05, 3.63) is 86.6 Å². The van der Waals surface area contributed by atoms with Crippen molar-refractivity contribution >= 4 is 34.8 Å². The molecule has 3 rings (SSSR count). The number of nitrogens with zero attached hydrogens (tertiary/aromatic N) is 1. The van der Waals surface area contributed by atoms with Crippen molar-refractivity contribution in [1.82, 2.24) is 10.3 Å². The van der Waals surface area contributed by atoms with E-state index in [1.165, 1.54) is 0 Å². The highest BCUT2D eigenvalue weighted by molar-refractivity contribution is 6.35. The van der Waals surface area contributed by atoms with Crippen LogP contribution in [0.25, 0.3) is 0 Å². The Morgan fingerprint density at radius 2 is 1.64 bits per heavy atom. The molecule has 0 aliphatic carbocycles. The van der Waals surface area contributed by atoms with E-state index in [2.05, 4.69) is 10.3 Å². The fourth-order valence-corrected chi connectivity index (χ4v) is 3.41. The predicted molar refractivity (Wildman–Crippen MR) is 114 cm³/mol. The van der Waals surface area contributed by atoms with Crippen LogP contribution in [0.4, 0.5) is 0 Å². The summed E-state index contributed by atoms with van der Waals surface area (Å²) in [7, 11) is 1.59. The van der Waals surface area contributed by atoms with E-state index in [1.807, 2.05) is 30.3 Å². The van der Waals surface area contributed by atoms with Gasteiger partial charge in [-0.05, 0) is 47.5 Å². The smallest absolute Gasteiger partial charge is 0.180 e. The molecular weight excluding hydrogens is 419 g/mol. The molecule has 0 spiro atoms. The molecule has 0 saturated carbocycles. The quantitative estimate of drug-likeness (QED) is 0.475. The lowest BCUT2D eigenvalue weighted by molar-refractivity contribution is 0.284. The number of hydrogen-bond donors (Lipinski definition) is 1. The Hall–Kier alpha value is -1.98. The molecule has 1 aromatic heterocycles. The number of ether oxygens (including phenoxy) is 2. The Morgan fingerprint density at radius 3 is 2.36 bits per heavy atom. The molecule has 0 atom stereocenters. The van der Waals surface area contributed by atoms with Crippen molar-refractivity contribution in [1.29, 1.82) is 0 Å². The molecule has 0 aliphatic heterocycles. The van der Waals surface area contributed by atoms with E-state index < -0.39 is 0 Å². The average molecular weight is 438 g/mol. The van der Waals surface area contributed by atoms with Gasteiger partial charge in [-0.1, -0.05) is 40.9 Å². The molecule has 0 saturated heterocycles. The van der Waals surface area contributed by atoms with Gasteiger partial charge < -0.3 is 14.8 Å². The van der Waals surface area contributed by atoms with E-state index in [4.69, 9.17) is 44.3 Å². The van der Waals surface area contributed by atoms with Crippen LogP contribution in [0, 0.1) is 0 Å². The summed E-state index contributed by atoms with van der Waals surface area (Å²) in [5.41, 5.74) is 2.97. The number of aromatic nitrogens is 1. The van der Waals surface area contributed by atoms with Crippen molar-refractivity contribution in [2.45, 2.75) is 19.7 Å². The third-order valence-electron chi connectivity index (χ3n) is 4.08. The van der Waals surface area contributed by atoms with E-state index in [-0.39, 0.29) is 6.61 Å². The molecule has 0 bridgehead atoms. The van der Waals surface area contributed by atoms with Crippen molar-refractivity contribution in [3.8, 4) is 11.5 Å². The Kier molecular flexibility index (Phi) is 7.40. The van der Waals surface area contributed by atoms with Crippen molar-refractivity contribution in [2.24, 2.45) is 0 Å². The highest BCUT2D eigenvalue weighted by atomic mass is 35.5. The van der Waals surface area contributed by atoms with Gasteiger partial charge in [-0.2, -0.15) is 0 Å². The van der Waals surface area contributed by atoms with Gasteiger partial charge >= 0.3 is 0 Å². The van der Waals surface area contributed by atoms with Gasteiger partial charge in [0.05, 0.1) is 12.1 Å². The Balaban J connectivity index is 1.67. The first-order chi connectivity index (χ1) is 13.6. The van der Waals surface area contributed by atoms with Gasteiger partial charge in [-0.25, -0.2) is 0 Å². The fraction of sp³-hybridized carbons (Fsp3) is 0.190. The number of halogens is 3. The van der Waals surface area contributed by atoms with Crippen LogP contribution in [-0.2, 0) is 19.7 Å². The summed E-state index contributed by atoms with van der Waals surface area (Å²) in [6.45, 7) is 1.63. The first-order valence-corrected chi connectivity index (χ1v) is 9.73. The predicted octanol–water partition coefficient (Wildman–Crippen LogP) is 5.92. The highest BCUT2D eigenvalue weighted by Crippen LogP contribution is 2.37. The van der Waals surface area contributed by atoms with E-state index >= 15 is 0 Å². The Labute approximate surface area is 179 Å². The second-order valence-corrected chi connectivity index (χ2v) is 7.34. The second-order valence-electron chi connectivity index (χ2n) is 6.09. The standard InChI is InChI=1S/C21H19Cl3N2O2/c1-27-20-9-15(12-26-11-14-4-6-25-7-5-14)8-19(24)21(20)28-13-16-2-3-17(22)10-18(16)23/h2-10,26H,11-13H2,1H3. The number of benzene rings is 2. The van der Waals surface area contributed by atoms with Crippen molar-refractivity contribution < 1.29 is 9.47 Å². The van der Waals surface area contributed by atoms with Gasteiger partial charge in [0.1, 0.15) is 6.61 Å². The summed E-state index contributed by atoms with van der Waals surface area (Å²) in [5.74, 6) is 1.05. The molecule has 7 heteroatoms. The maximum atomic E-state index is 6.45. The maximum Gasteiger partial charge on any atom is 0.180 e. The summed E-state index contributed by atoms with van der Waals surface area (Å²) in [6.07, 6.45) is 3.55. The average Bonchev–Trinajstić information content (AvgIpc) is 2.69. The van der Waals surface area contributed by atoms with Gasteiger partial charge in [0.25, 0.3) is 0 Å². The van der Waals surface area contributed by atoms with E-state index in [0.29, 0.717) is 33.1 Å². The summed E-state index contributed by atoms with van der Waals surface area (Å²) in [4.78, 5) is 4.01. The molecule has 1 N–H and O–H groups in total. The number of methoxy groups -OCH3 is 1. The van der Waals surface area contributed by atoms with Gasteiger partial charge in [0.2, 0.25) is 0 Å². The largest absolute Gasteiger partial charge is 0.493 e. The molecule has 3 aromatic rings. The van der Waals surface area contributed by atoms with Gasteiger partial charge in [0, 0.05) is 41.1 Å². The summed E-state index contributed by atoms with van der Waals surface area (Å²) < 4.78 is 11.4. The van der Waals surface area contributed by atoms with Crippen LogP contribution < -0.4 is 14.8 Å². The summed E-state index contributed by atoms with van der Waals surface area (Å²) in [6, 6.07) is 13.0. The minimum atomic E-state index is 0.256. The van der Waals surface area contributed by atoms with Crippen LogP contribution in [0.1, 0.15) is 16.7 Å². The van der Waals surface area contributed by atoms with Crippen LogP contribution in [-0.4, -0.2) is 12.1 Å².